The van der Waals surface area contributed by atoms with Gasteiger partial charge < -0.3 is 28.8 Å². The van der Waals surface area contributed by atoms with Gasteiger partial charge in [-0.15, -0.1) is 0 Å². The molecule has 1 N–H and O–H groups in total. The van der Waals surface area contributed by atoms with Crippen molar-refractivity contribution in [3.8, 4) is 23.0 Å². The highest BCUT2D eigenvalue weighted by atomic mass is 79.9. The molecule has 3 aliphatic rings. The van der Waals surface area contributed by atoms with Gasteiger partial charge >= 0.3 is 5.97 Å². The van der Waals surface area contributed by atoms with Crippen LogP contribution in [0.25, 0.3) is 0 Å². The van der Waals surface area contributed by atoms with Gasteiger partial charge in [-0.2, -0.15) is 0 Å². The van der Waals surface area contributed by atoms with E-state index in [9.17, 15) is 9.90 Å². The molecule has 164 valence electrons. The normalized spacial score (nSPS) is 21.5. The van der Waals surface area contributed by atoms with Crippen LogP contribution in [-0.4, -0.2) is 50.6 Å². The number of methoxy groups -OCH3 is 2. The van der Waals surface area contributed by atoms with Crippen LogP contribution in [0.15, 0.2) is 16.6 Å². The topological polar surface area (TPSA) is 86.7 Å². The van der Waals surface area contributed by atoms with Crippen molar-refractivity contribution in [1.29, 1.82) is 0 Å². The highest BCUT2D eigenvalue weighted by Crippen LogP contribution is 2.55. The van der Waals surface area contributed by atoms with Crippen molar-refractivity contribution >= 4 is 21.9 Å². The number of fused-ring (bicyclic) bond motifs is 3. The van der Waals surface area contributed by atoms with E-state index in [2.05, 4.69) is 20.8 Å². The van der Waals surface area contributed by atoms with Crippen LogP contribution in [0.1, 0.15) is 44.8 Å². The van der Waals surface area contributed by atoms with E-state index in [4.69, 9.17) is 23.7 Å². The zero-order valence-corrected chi connectivity index (χ0v) is 18.9. The average Bonchev–Trinajstić information content (AvgIpc) is 3.39. The first kappa shape index (κ1) is 20.4. The molecule has 0 fully saturated rings. The van der Waals surface area contributed by atoms with Gasteiger partial charge in [0.1, 0.15) is 11.7 Å². The number of hydrogen-bond acceptors (Lipinski definition) is 8. The average molecular weight is 492 g/mol. The Kier molecular flexibility index (Phi) is 4.99. The van der Waals surface area contributed by atoms with Crippen molar-refractivity contribution in [2.75, 3.05) is 34.6 Å². The van der Waals surface area contributed by atoms with Crippen molar-refractivity contribution in [2.45, 2.75) is 25.2 Å². The summed E-state index contributed by atoms with van der Waals surface area (Å²) in [4.78, 5) is 15.1. The molecule has 0 saturated carbocycles. The third-order valence-corrected chi connectivity index (χ3v) is 7.09. The molecule has 2 aromatic rings. The first-order valence-corrected chi connectivity index (χ1v) is 10.7. The number of aliphatic hydroxyl groups excluding tert-OH is 1. The van der Waals surface area contributed by atoms with Gasteiger partial charge in [0, 0.05) is 17.7 Å². The molecule has 0 radical (unpaired) electrons. The lowest BCUT2D eigenvalue weighted by Crippen LogP contribution is -2.37. The van der Waals surface area contributed by atoms with Crippen LogP contribution in [0.2, 0.25) is 0 Å². The Labute approximate surface area is 187 Å². The second-order valence-electron chi connectivity index (χ2n) is 7.67. The molecule has 8 nitrogen and oxygen atoms in total. The van der Waals surface area contributed by atoms with E-state index in [0.717, 1.165) is 34.1 Å². The van der Waals surface area contributed by atoms with Crippen molar-refractivity contribution < 1.29 is 33.6 Å². The number of nitrogens with zero attached hydrogens (tertiary/aromatic N) is 1. The number of carbonyl (C=O) groups is 1. The van der Waals surface area contributed by atoms with E-state index in [0.29, 0.717) is 34.1 Å². The zero-order chi connectivity index (χ0) is 21.9. The lowest BCUT2D eigenvalue weighted by atomic mass is 9.83. The van der Waals surface area contributed by atoms with Gasteiger partial charge in [-0.05, 0) is 46.6 Å². The van der Waals surface area contributed by atoms with Crippen LogP contribution in [0.3, 0.4) is 0 Å². The molecule has 9 heteroatoms. The number of benzene rings is 2. The fraction of sp³-hybridized carbons (Fsp3) is 0.409. The fourth-order valence-electron chi connectivity index (χ4n) is 4.88. The second kappa shape index (κ2) is 7.58. The second-order valence-corrected chi connectivity index (χ2v) is 8.47. The molecule has 3 heterocycles. The highest BCUT2D eigenvalue weighted by molar-refractivity contribution is 9.10. The molecule has 0 aliphatic carbocycles. The Bertz CT molecular complexity index is 1090. The van der Waals surface area contributed by atoms with Crippen LogP contribution in [-0.2, 0) is 17.8 Å². The molecular weight excluding hydrogens is 470 g/mol. The summed E-state index contributed by atoms with van der Waals surface area (Å²) < 4.78 is 28.9. The number of esters is 1. The fourth-order valence-corrected chi connectivity index (χ4v) is 5.58. The van der Waals surface area contributed by atoms with Gasteiger partial charge in [0.25, 0.3) is 0 Å². The van der Waals surface area contributed by atoms with Gasteiger partial charge in [-0.3, -0.25) is 4.90 Å². The maximum atomic E-state index is 12.9. The van der Waals surface area contributed by atoms with Crippen LogP contribution >= 0.6 is 15.9 Å². The smallest absolute Gasteiger partial charge is 0.343 e. The van der Waals surface area contributed by atoms with Crippen LogP contribution in [0.4, 0.5) is 0 Å². The molecule has 31 heavy (non-hydrogen) atoms. The number of ether oxygens (including phenoxy) is 5. The first-order valence-electron chi connectivity index (χ1n) is 9.91. The summed E-state index contributed by atoms with van der Waals surface area (Å²) in [7, 11) is 5.02. The van der Waals surface area contributed by atoms with E-state index in [1.54, 1.807) is 6.07 Å². The maximum Gasteiger partial charge on any atom is 0.343 e. The number of likely N-dealkylation sites (N-methyl/N-ethyl adjacent to an activating group) is 1. The number of halogens is 1. The number of hydrogen-bond donors (Lipinski definition) is 1. The molecule has 0 aromatic heterocycles. The summed E-state index contributed by atoms with van der Waals surface area (Å²) >= 11 is 3.67. The third-order valence-electron chi connectivity index (χ3n) is 6.25. The van der Waals surface area contributed by atoms with Crippen molar-refractivity contribution in [3.05, 3.63) is 44.4 Å². The van der Waals surface area contributed by atoms with Crippen LogP contribution in [0.5, 0.6) is 23.0 Å². The molecule has 2 atom stereocenters. The Morgan fingerprint density at radius 2 is 2.00 bits per heavy atom. The summed E-state index contributed by atoms with van der Waals surface area (Å²) in [5.74, 6) is 1.52. The lowest BCUT2D eigenvalue weighted by Gasteiger charge is -2.39. The third kappa shape index (κ3) is 2.83. The predicted molar refractivity (Wildman–Crippen MR) is 113 cm³/mol. The zero-order valence-electron chi connectivity index (χ0n) is 17.4. The van der Waals surface area contributed by atoms with Crippen LogP contribution < -0.4 is 18.9 Å². The van der Waals surface area contributed by atoms with E-state index < -0.39 is 12.1 Å². The van der Waals surface area contributed by atoms with E-state index in [-0.39, 0.29) is 19.4 Å². The highest BCUT2D eigenvalue weighted by Gasteiger charge is 2.46. The quantitative estimate of drug-likeness (QED) is 0.652. The predicted octanol–water partition coefficient (Wildman–Crippen LogP) is 3.13. The molecular formula is C22H22BrNO7. The number of cyclic esters (lactones) is 1. The summed E-state index contributed by atoms with van der Waals surface area (Å²) in [6, 6.07) is 3.30. The molecule has 2 aromatic carbocycles. The Balaban J connectivity index is 1.72. The molecule has 0 bridgehead atoms. The van der Waals surface area contributed by atoms with Gasteiger partial charge in [0.05, 0.1) is 31.3 Å². The van der Waals surface area contributed by atoms with Gasteiger partial charge in [0.2, 0.25) is 6.79 Å². The van der Waals surface area contributed by atoms with E-state index >= 15 is 0 Å². The SMILES string of the molecule is COc1ccc2c(c1OC)C(=O)O[C@@H]2[C@H]1c2c(c(Br)c3c(c2CO)OCO3)CCN1C. The summed E-state index contributed by atoms with van der Waals surface area (Å²) in [6.07, 6.45) is 0.176. The van der Waals surface area contributed by atoms with Gasteiger partial charge in [-0.25, -0.2) is 4.79 Å². The first-order chi connectivity index (χ1) is 15.0. The minimum atomic E-state index is -0.580. The molecule has 5 rings (SSSR count). The molecule has 0 spiro atoms. The number of rotatable bonds is 4. The van der Waals surface area contributed by atoms with Crippen LogP contribution in [0, 0.1) is 0 Å². The number of aliphatic hydroxyl groups is 1. The number of carbonyl (C=O) groups excluding carboxylic acids is 1. The summed E-state index contributed by atoms with van der Waals surface area (Å²) in [6.45, 7) is 0.630. The van der Waals surface area contributed by atoms with E-state index in [1.165, 1.54) is 14.2 Å². The lowest BCUT2D eigenvalue weighted by molar-refractivity contribution is 0.00884. The van der Waals surface area contributed by atoms with Gasteiger partial charge in [0.15, 0.2) is 23.0 Å². The van der Waals surface area contributed by atoms with Crippen molar-refractivity contribution in [1.82, 2.24) is 4.90 Å². The monoisotopic (exact) mass is 491 g/mol. The van der Waals surface area contributed by atoms with Crippen molar-refractivity contribution in [2.24, 2.45) is 0 Å². The van der Waals surface area contributed by atoms with E-state index in [1.807, 2.05) is 13.1 Å². The minimum Gasteiger partial charge on any atom is -0.493 e. The standard InChI is InChI=1S/C22H22BrNO7/c1-24-7-6-10-14(12(8-25)19-21(16(10)23)30-9-29-19)17(24)18-11-4-5-13(27-2)20(28-3)15(11)22(26)31-18/h4-5,17-18,25H,6-9H2,1-3H3/t17-,18+/m1/s1. The largest absolute Gasteiger partial charge is 0.493 e. The molecule has 0 amide bonds. The summed E-state index contributed by atoms with van der Waals surface area (Å²) in [5.41, 5.74) is 3.68. The molecule has 0 unspecified atom stereocenters. The van der Waals surface area contributed by atoms with Gasteiger partial charge in [-0.1, -0.05) is 6.07 Å². The summed E-state index contributed by atoms with van der Waals surface area (Å²) in [5, 5.41) is 10.3. The van der Waals surface area contributed by atoms with Crippen molar-refractivity contribution in [3.63, 3.8) is 0 Å². The Hall–Kier alpha value is -2.49. The Morgan fingerprint density at radius 1 is 1.23 bits per heavy atom. The maximum absolute atomic E-state index is 12.9. The minimum absolute atomic E-state index is 0.0998. The molecule has 3 aliphatic heterocycles. The Morgan fingerprint density at radius 3 is 2.71 bits per heavy atom. The molecule has 0 saturated heterocycles.